The predicted molar refractivity (Wildman–Crippen MR) is 83.7 cm³/mol. The van der Waals surface area contributed by atoms with Gasteiger partial charge in [0.05, 0.1) is 13.2 Å². The molecular weight excluding hydrogens is 262 g/mol. The molecular formula is C17H31N3O. The van der Waals surface area contributed by atoms with Crippen LogP contribution >= 0.6 is 0 Å². The summed E-state index contributed by atoms with van der Waals surface area (Å²) in [5.41, 5.74) is 1.24. The fourth-order valence-electron chi connectivity index (χ4n) is 5.19. The van der Waals surface area contributed by atoms with Crippen molar-refractivity contribution < 1.29 is 4.74 Å². The van der Waals surface area contributed by atoms with Gasteiger partial charge in [0.2, 0.25) is 0 Å². The van der Waals surface area contributed by atoms with E-state index in [4.69, 9.17) is 10.6 Å². The Hall–Kier alpha value is -0.160. The van der Waals surface area contributed by atoms with Crippen LogP contribution in [0.1, 0.15) is 44.9 Å². The van der Waals surface area contributed by atoms with Crippen LogP contribution in [0.2, 0.25) is 0 Å². The Kier molecular flexibility index (Phi) is 3.77. The van der Waals surface area contributed by atoms with Crippen molar-refractivity contribution in [1.29, 1.82) is 0 Å². The molecule has 21 heavy (non-hydrogen) atoms. The van der Waals surface area contributed by atoms with Crippen LogP contribution in [0.25, 0.3) is 0 Å². The fourth-order valence-corrected chi connectivity index (χ4v) is 5.19. The molecule has 2 spiro atoms. The first kappa shape index (κ1) is 14.4. The lowest BCUT2D eigenvalue weighted by atomic mass is 9.76. The average Bonchev–Trinajstić information content (AvgIpc) is 2.85. The molecule has 4 aliphatic rings. The van der Waals surface area contributed by atoms with Crippen LogP contribution in [-0.2, 0) is 4.74 Å². The Morgan fingerprint density at radius 1 is 0.905 bits per heavy atom. The van der Waals surface area contributed by atoms with Crippen molar-refractivity contribution in [1.82, 2.24) is 9.91 Å². The van der Waals surface area contributed by atoms with Crippen molar-refractivity contribution in [2.24, 2.45) is 22.6 Å². The summed E-state index contributed by atoms with van der Waals surface area (Å²) in [6.07, 6.45) is 9.78. The van der Waals surface area contributed by atoms with Crippen molar-refractivity contribution in [2.75, 3.05) is 45.9 Å². The zero-order chi connectivity index (χ0) is 14.3. The smallest absolute Gasteiger partial charge is 0.0545 e. The summed E-state index contributed by atoms with van der Waals surface area (Å²) in [5.74, 6) is 6.87. The van der Waals surface area contributed by atoms with E-state index in [1.807, 2.05) is 5.01 Å². The van der Waals surface area contributed by atoms with Crippen LogP contribution in [0.15, 0.2) is 0 Å². The molecule has 1 atom stereocenters. The van der Waals surface area contributed by atoms with E-state index in [2.05, 4.69) is 4.90 Å². The standard InChI is InChI=1S/C17H31N3O/c18-20-9-5-16(6-10-20)2-1-15(11-16)12-19-7-3-17(4-8-19)13-21-14-17/h15H,1-14,18H2. The van der Waals surface area contributed by atoms with E-state index in [1.54, 1.807) is 0 Å². The topological polar surface area (TPSA) is 41.7 Å². The second-order valence-electron chi connectivity index (χ2n) is 8.44. The second kappa shape index (κ2) is 5.48. The number of hydrazine groups is 1. The molecule has 2 N–H and O–H groups in total. The lowest BCUT2D eigenvalue weighted by molar-refractivity contribution is -0.140. The van der Waals surface area contributed by atoms with E-state index in [0.717, 1.165) is 32.2 Å². The summed E-state index contributed by atoms with van der Waals surface area (Å²) >= 11 is 0. The maximum Gasteiger partial charge on any atom is 0.0545 e. The summed E-state index contributed by atoms with van der Waals surface area (Å²) in [7, 11) is 0. The third kappa shape index (κ3) is 2.88. The molecule has 1 unspecified atom stereocenters. The quantitative estimate of drug-likeness (QED) is 0.789. The van der Waals surface area contributed by atoms with Gasteiger partial charge < -0.3 is 9.64 Å². The molecule has 0 aromatic heterocycles. The van der Waals surface area contributed by atoms with E-state index < -0.39 is 0 Å². The lowest BCUT2D eigenvalue weighted by Gasteiger charge is -2.47. The Morgan fingerprint density at radius 3 is 2.19 bits per heavy atom. The highest BCUT2D eigenvalue weighted by molar-refractivity contribution is 4.95. The van der Waals surface area contributed by atoms with Crippen LogP contribution < -0.4 is 5.84 Å². The number of nitrogens with zero attached hydrogens (tertiary/aromatic N) is 2. The monoisotopic (exact) mass is 293 g/mol. The van der Waals surface area contributed by atoms with Crippen LogP contribution in [0.3, 0.4) is 0 Å². The van der Waals surface area contributed by atoms with Gasteiger partial charge in [-0.05, 0) is 69.4 Å². The van der Waals surface area contributed by atoms with Crippen LogP contribution in [0, 0.1) is 16.7 Å². The number of nitrogens with two attached hydrogens (primary N) is 1. The summed E-state index contributed by atoms with van der Waals surface area (Å²) in [6.45, 7) is 8.25. The molecule has 0 bridgehead atoms. The third-order valence-corrected chi connectivity index (χ3v) is 6.91. The molecule has 0 amide bonds. The molecule has 4 nitrogen and oxygen atoms in total. The van der Waals surface area contributed by atoms with Crippen LogP contribution in [-0.4, -0.2) is 55.8 Å². The van der Waals surface area contributed by atoms with Gasteiger partial charge in [0.15, 0.2) is 0 Å². The average molecular weight is 293 g/mol. The van der Waals surface area contributed by atoms with Gasteiger partial charge in [0.1, 0.15) is 0 Å². The number of hydrogen-bond acceptors (Lipinski definition) is 4. The first-order chi connectivity index (χ1) is 10.2. The van der Waals surface area contributed by atoms with Crippen LogP contribution in [0.5, 0.6) is 0 Å². The van der Waals surface area contributed by atoms with Gasteiger partial charge in [0.25, 0.3) is 0 Å². The normalized spacial score (nSPS) is 36.1. The van der Waals surface area contributed by atoms with Gasteiger partial charge >= 0.3 is 0 Å². The summed E-state index contributed by atoms with van der Waals surface area (Å²) in [4.78, 5) is 2.74. The van der Waals surface area contributed by atoms with Gasteiger partial charge in [-0.1, -0.05) is 0 Å². The van der Waals surface area contributed by atoms with E-state index in [0.29, 0.717) is 10.8 Å². The summed E-state index contributed by atoms with van der Waals surface area (Å²) in [5, 5.41) is 2.02. The number of piperidine rings is 2. The van der Waals surface area contributed by atoms with E-state index in [1.165, 1.54) is 64.6 Å². The van der Waals surface area contributed by atoms with E-state index >= 15 is 0 Å². The first-order valence-corrected chi connectivity index (χ1v) is 8.97. The van der Waals surface area contributed by atoms with Crippen molar-refractivity contribution in [3.63, 3.8) is 0 Å². The van der Waals surface area contributed by atoms with Gasteiger partial charge in [-0.25, -0.2) is 5.01 Å². The van der Waals surface area contributed by atoms with Crippen LogP contribution in [0.4, 0.5) is 0 Å². The Balaban J connectivity index is 1.25. The Morgan fingerprint density at radius 2 is 1.57 bits per heavy atom. The van der Waals surface area contributed by atoms with Gasteiger partial charge in [-0.2, -0.15) is 0 Å². The molecule has 0 radical (unpaired) electrons. The zero-order valence-electron chi connectivity index (χ0n) is 13.4. The number of ether oxygens (including phenoxy) is 1. The minimum Gasteiger partial charge on any atom is -0.380 e. The SMILES string of the molecule is NN1CCC2(CCC(CN3CCC4(CC3)COC4)C2)CC1. The molecule has 0 aromatic rings. The maximum atomic E-state index is 5.93. The predicted octanol–water partition coefficient (Wildman–Crippen LogP) is 1.85. The minimum absolute atomic E-state index is 0.585. The summed E-state index contributed by atoms with van der Waals surface area (Å²) < 4.78 is 5.44. The highest BCUT2D eigenvalue weighted by Gasteiger charge is 2.43. The third-order valence-electron chi connectivity index (χ3n) is 6.91. The van der Waals surface area contributed by atoms with Gasteiger partial charge in [-0.3, -0.25) is 5.84 Å². The minimum atomic E-state index is 0.585. The molecule has 4 rings (SSSR count). The number of likely N-dealkylation sites (tertiary alicyclic amines) is 1. The first-order valence-electron chi connectivity index (χ1n) is 8.97. The Labute approximate surface area is 128 Å². The van der Waals surface area contributed by atoms with Crippen molar-refractivity contribution in [2.45, 2.75) is 44.9 Å². The molecule has 3 heterocycles. The molecule has 4 fully saturated rings. The lowest BCUT2D eigenvalue weighted by Crippen LogP contribution is -2.51. The number of rotatable bonds is 2. The Bertz CT molecular complexity index is 364. The van der Waals surface area contributed by atoms with Gasteiger partial charge in [0, 0.05) is 25.0 Å². The van der Waals surface area contributed by atoms with E-state index in [9.17, 15) is 0 Å². The fraction of sp³-hybridized carbons (Fsp3) is 1.00. The highest BCUT2D eigenvalue weighted by Crippen LogP contribution is 2.49. The molecule has 120 valence electrons. The van der Waals surface area contributed by atoms with Crippen molar-refractivity contribution in [3.05, 3.63) is 0 Å². The van der Waals surface area contributed by atoms with Crippen molar-refractivity contribution in [3.8, 4) is 0 Å². The second-order valence-corrected chi connectivity index (χ2v) is 8.44. The summed E-state index contributed by atoms with van der Waals surface area (Å²) in [6, 6.07) is 0. The molecule has 4 heteroatoms. The molecule has 1 aliphatic carbocycles. The zero-order valence-corrected chi connectivity index (χ0v) is 13.4. The molecule has 3 saturated heterocycles. The molecule has 1 saturated carbocycles. The van der Waals surface area contributed by atoms with Gasteiger partial charge in [-0.15, -0.1) is 0 Å². The highest BCUT2D eigenvalue weighted by atomic mass is 16.5. The molecule has 0 aromatic carbocycles. The number of hydrogen-bond donors (Lipinski definition) is 1. The molecule has 3 aliphatic heterocycles. The van der Waals surface area contributed by atoms with E-state index in [-0.39, 0.29) is 0 Å². The largest absolute Gasteiger partial charge is 0.380 e. The maximum absolute atomic E-state index is 5.93. The van der Waals surface area contributed by atoms with Crippen molar-refractivity contribution >= 4 is 0 Å².